The molecule has 1 rings (SSSR count). The van der Waals surface area contributed by atoms with Crippen LogP contribution in [-0.2, 0) is 12.0 Å². The second-order valence-electron chi connectivity index (χ2n) is 4.73. The molecule has 3 nitrogen and oxygen atoms in total. The van der Waals surface area contributed by atoms with Crippen molar-refractivity contribution in [1.29, 1.82) is 0 Å². The number of rotatable bonds is 3. The molecular weight excluding hydrogens is 176 g/mol. The number of aromatic amines is 1. The van der Waals surface area contributed by atoms with Crippen LogP contribution in [0.5, 0.6) is 0 Å². The van der Waals surface area contributed by atoms with Crippen molar-refractivity contribution in [2.75, 3.05) is 0 Å². The van der Waals surface area contributed by atoms with Gasteiger partial charge < -0.3 is 4.98 Å². The molecule has 0 unspecified atom stereocenters. The van der Waals surface area contributed by atoms with E-state index in [0.717, 1.165) is 25.1 Å². The van der Waals surface area contributed by atoms with Crippen molar-refractivity contribution in [2.45, 2.75) is 52.5 Å². The Kier molecular flexibility index (Phi) is 3.19. The predicted molar refractivity (Wildman–Crippen MR) is 58.7 cm³/mol. The van der Waals surface area contributed by atoms with Gasteiger partial charge in [0.25, 0.3) is 0 Å². The minimum Gasteiger partial charge on any atom is -0.312 e. The molecule has 0 aliphatic heterocycles. The lowest BCUT2D eigenvalue weighted by atomic mass is 9.92. The Bertz CT molecular complexity index is 341. The first kappa shape index (κ1) is 11.1. The molecule has 0 aliphatic carbocycles. The van der Waals surface area contributed by atoms with E-state index < -0.39 is 0 Å². The van der Waals surface area contributed by atoms with E-state index >= 15 is 0 Å². The summed E-state index contributed by atoms with van der Waals surface area (Å²) in [5.74, 6) is 0. The van der Waals surface area contributed by atoms with Gasteiger partial charge in [-0.25, -0.2) is 4.79 Å². The maximum Gasteiger partial charge on any atom is 0.325 e. The van der Waals surface area contributed by atoms with Crippen LogP contribution in [-0.4, -0.2) is 9.55 Å². The van der Waals surface area contributed by atoms with E-state index in [1.807, 2.05) is 10.8 Å². The van der Waals surface area contributed by atoms with Gasteiger partial charge in [0, 0.05) is 23.9 Å². The average molecular weight is 196 g/mol. The van der Waals surface area contributed by atoms with Crippen LogP contribution >= 0.6 is 0 Å². The molecule has 0 aliphatic rings. The molecule has 1 heterocycles. The van der Waals surface area contributed by atoms with E-state index in [1.54, 1.807) is 0 Å². The zero-order valence-corrected chi connectivity index (χ0v) is 9.55. The second-order valence-corrected chi connectivity index (χ2v) is 4.73. The van der Waals surface area contributed by atoms with E-state index in [9.17, 15) is 4.79 Å². The summed E-state index contributed by atoms with van der Waals surface area (Å²) in [6, 6.07) is 0. The lowest BCUT2D eigenvalue weighted by molar-refractivity contribution is 0.498. The number of nitrogens with one attached hydrogen (secondary N) is 1. The number of imidazole rings is 1. The molecule has 0 atom stereocenters. The van der Waals surface area contributed by atoms with Gasteiger partial charge in [0.2, 0.25) is 0 Å². The fraction of sp³-hybridized carbons (Fsp3) is 0.727. The summed E-state index contributed by atoms with van der Waals surface area (Å²) in [5.41, 5.74) is 1.15. The smallest absolute Gasteiger partial charge is 0.312 e. The van der Waals surface area contributed by atoms with Gasteiger partial charge in [-0.2, -0.15) is 0 Å². The lowest BCUT2D eigenvalue weighted by Gasteiger charge is -2.19. The number of nitrogens with zero attached hydrogens (tertiary/aromatic N) is 1. The van der Waals surface area contributed by atoms with Gasteiger partial charge in [0.15, 0.2) is 0 Å². The predicted octanol–water partition coefficient (Wildman–Crippen LogP) is 2.27. The summed E-state index contributed by atoms with van der Waals surface area (Å²) >= 11 is 0. The van der Waals surface area contributed by atoms with Crippen LogP contribution in [0.1, 0.15) is 46.2 Å². The molecule has 0 aromatic carbocycles. The van der Waals surface area contributed by atoms with E-state index in [2.05, 4.69) is 32.7 Å². The third-order valence-corrected chi connectivity index (χ3v) is 2.37. The van der Waals surface area contributed by atoms with Crippen molar-refractivity contribution < 1.29 is 0 Å². The van der Waals surface area contributed by atoms with Gasteiger partial charge in [-0.05, 0) is 6.42 Å². The number of aromatic nitrogens is 2. The molecule has 14 heavy (non-hydrogen) atoms. The molecule has 1 N–H and O–H groups in total. The zero-order valence-electron chi connectivity index (χ0n) is 9.55. The number of H-pyrrole nitrogens is 1. The summed E-state index contributed by atoms with van der Waals surface area (Å²) in [5, 5.41) is 0. The molecule has 0 bridgehead atoms. The minimum absolute atomic E-state index is 0.0170. The Morgan fingerprint density at radius 1 is 1.43 bits per heavy atom. The van der Waals surface area contributed by atoms with Crippen LogP contribution < -0.4 is 5.69 Å². The molecule has 80 valence electrons. The highest BCUT2D eigenvalue weighted by atomic mass is 16.1. The van der Waals surface area contributed by atoms with E-state index in [0.29, 0.717) is 0 Å². The molecule has 0 radical (unpaired) electrons. The summed E-state index contributed by atoms with van der Waals surface area (Å²) in [7, 11) is 0. The third kappa shape index (κ3) is 2.28. The highest BCUT2D eigenvalue weighted by Crippen LogP contribution is 2.20. The largest absolute Gasteiger partial charge is 0.325 e. The van der Waals surface area contributed by atoms with Crippen molar-refractivity contribution >= 4 is 0 Å². The number of hydrogen-bond acceptors (Lipinski definition) is 1. The van der Waals surface area contributed by atoms with Gasteiger partial charge in [0.05, 0.1) is 0 Å². The van der Waals surface area contributed by atoms with Crippen molar-refractivity contribution in [2.24, 2.45) is 0 Å². The second kappa shape index (κ2) is 4.03. The summed E-state index contributed by atoms with van der Waals surface area (Å²) < 4.78 is 1.85. The Balaban J connectivity index is 3.01. The highest BCUT2D eigenvalue weighted by Gasteiger charge is 2.19. The van der Waals surface area contributed by atoms with Crippen molar-refractivity contribution in [3.63, 3.8) is 0 Å². The quantitative estimate of drug-likeness (QED) is 0.791. The Labute approximate surface area is 85.2 Å². The lowest BCUT2D eigenvalue weighted by Crippen LogP contribution is -2.24. The molecule has 0 saturated carbocycles. The van der Waals surface area contributed by atoms with Crippen molar-refractivity contribution in [3.05, 3.63) is 22.4 Å². The van der Waals surface area contributed by atoms with Crippen LogP contribution in [0.25, 0.3) is 0 Å². The molecule has 0 amide bonds. The standard InChI is InChI=1S/C11H20N2O/c1-5-6-7-13-9(11(2,3)4)8-12-10(13)14/h8H,5-7H2,1-4H3,(H,12,14). The number of unbranched alkanes of at least 4 members (excludes halogenated alkanes) is 1. The Morgan fingerprint density at radius 3 is 2.57 bits per heavy atom. The summed E-state index contributed by atoms with van der Waals surface area (Å²) in [4.78, 5) is 14.3. The zero-order chi connectivity index (χ0) is 10.8. The molecule has 1 aromatic rings. The van der Waals surface area contributed by atoms with Crippen molar-refractivity contribution in [3.8, 4) is 0 Å². The van der Waals surface area contributed by atoms with Gasteiger partial charge in [0.1, 0.15) is 0 Å². The topological polar surface area (TPSA) is 37.8 Å². The molecule has 0 spiro atoms. The van der Waals surface area contributed by atoms with E-state index in [1.165, 1.54) is 0 Å². The molecular formula is C11H20N2O. The van der Waals surface area contributed by atoms with Crippen LogP contribution in [0.15, 0.2) is 11.0 Å². The molecule has 0 fully saturated rings. The normalized spacial score (nSPS) is 12.0. The highest BCUT2D eigenvalue weighted by molar-refractivity contribution is 5.10. The first-order chi connectivity index (χ1) is 6.46. The van der Waals surface area contributed by atoms with Gasteiger partial charge in [-0.15, -0.1) is 0 Å². The minimum atomic E-state index is 0.0170. The monoisotopic (exact) mass is 196 g/mol. The first-order valence-electron chi connectivity index (χ1n) is 5.25. The van der Waals surface area contributed by atoms with Gasteiger partial charge >= 0.3 is 5.69 Å². The Morgan fingerprint density at radius 2 is 2.07 bits per heavy atom. The first-order valence-corrected chi connectivity index (χ1v) is 5.25. The van der Waals surface area contributed by atoms with Crippen LogP contribution in [0.3, 0.4) is 0 Å². The van der Waals surface area contributed by atoms with Gasteiger partial charge in [-0.3, -0.25) is 4.57 Å². The summed E-state index contributed by atoms with van der Waals surface area (Å²) in [6.45, 7) is 9.33. The van der Waals surface area contributed by atoms with Gasteiger partial charge in [-0.1, -0.05) is 34.1 Å². The van der Waals surface area contributed by atoms with Crippen LogP contribution in [0.2, 0.25) is 0 Å². The van der Waals surface area contributed by atoms with Crippen molar-refractivity contribution in [1.82, 2.24) is 9.55 Å². The molecule has 1 aromatic heterocycles. The molecule has 3 heteroatoms. The third-order valence-electron chi connectivity index (χ3n) is 2.37. The van der Waals surface area contributed by atoms with E-state index in [4.69, 9.17) is 0 Å². The fourth-order valence-corrected chi connectivity index (χ4v) is 1.55. The number of hydrogen-bond donors (Lipinski definition) is 1. The van der Waals surface area contributed by atoms with Crippen LogP contribution in [0.4, 0.5) is 0 Å². The maximum atomic E-state index is 11.5. The van der Waals surface area contributed by atoms with E-state index in [-0.39, 0.29) is 11.1 Å². The maximum absolute atomic E-state index is 11.5. The Hall–Kier alpha value is -0.990. The SMILES string of the molecule is CCCCn1c(C(C)(C)C)c[nH]c1=O. The average Bonchev–Trinajstić information content (AvgIpc) is 2.42. The fourth-order valence-electron chi connectivity index (χ4n) is 1.55. The molecule has 0 saturated heterocycles. The summed E-state index contributed by atoms with van der Waals surface area (Å²) in [6.07, 6.45) is 4.00. The van der Waals surface area contributed by atoms with Crippen LogP contribution in [0, 0.1) is 0 Å².